The van der Waals surface area contributed by atoms with Crippen LogP contribution in [0.4, 0.5) is 0 Å². The molecule has 1 aliphatic rings. The molecule has 1 unspecified atom stereocenters. The van der Waals surface area contributed by atoms with E-state index in [1.54, 1.807) is 0 Å². The highest BCUT2D eigenvalue weighted by atomic mass is 32.2. The van der Waals surface area contributed by atoms with Gasteiger partial charge >= 0.3 is 0 Å². The van der Waals surface area contributed by atoms with E-state index < -0.39 is 0 Å². The van der Waals surface area contributed by atoms with E-state index in [-0.39, 0.29) is 5.91 Å². The van der Waals surface area contributed by atoms with E-state index in [1.807, 2.05) is 23.7 Å². The van der Waals surface area contributed by atoms with Gasteiger partial charge in [-0.1, -0.05) is 19.8 Å². The van der Waals surface area contributed by atoms with E-state index in [0.29, 0.717) is 18.6 Å². The number of thioether (sulfide) groups is 1. The SMILES string of the molecule is CCC(CSC)N(C)C(=O)CNC1CCCC1. The van der Waals surface area contributed by atoms with Crippen LogP contribution in [-0.4, -0.2) is 48.5 Å². The maximum atomic E-state index is 12.0. The van der Waals surface area contributed by atoms with Gasteiger partial charge in [0.05, 0.1) is 6.54 Å². The van der Waals surface area contributed by atoms with Crippen LogP contribution in [0.1, 0.15) is 39.0 Å². The van der Waals surface area contributed by atoms with Crippen LogP contribution in [0.5, 0.6) is 0 Å². The van der Waals surface area contributed by atoms with Gasteiger partial charge in [0.15, 0.2) is 0 Å². The highest BCUT2D eigenvalue weighted by Crippen LogP contribution is 2.17. The molecule has 1 saturated carbocycles. The molecular formula is C13H26N2OS. The summed E-state index contributed by atoms with van der Waals surface area (Å²) in [5.41, 5.74) is 0. The molecule has 100 valence electrons. The molecular weight excluding hydrogens is 232 g/mol. The molecule has 0 bridgehead atoms. The lowest BCUT2D eigenvalue weighted by Gasteiger charge is -2.27. The summed E-state index contributed by atoms with van der Waals surface area (Å²) in [6, 6.07) is 0.954. The second-order valence-electron chi connectivity index (χ2n) is 4.88. The summed E-state index contributed by atoms with van der Waals surface area (Å²) >= 11 is 1.81. The van der Waals surface area contributed by atoms with Gasteiger partial charge in [-0.3, -0.25) is 4.79 Å². The van der Waals surface area contributed by atoms with Crippen LogP contribution in [0.2, 0.25) is 0 Å². The van der Waals surface area contributed by atoms with Gasteiger partial charge in [-0.05, 0) is 25.5 Å². The van der Waals surface area contributed by atoms with E-state index in [1.165, 1.54) is 25.7 Å². The van der Waals surface area contributed by atoms with Crippen LogP contribution in [0.15, 0.2) is 0 Å². The number of nitrogens with one attached hydrogen (secondary N) is 1. The minimum Gasteiger partial charge on any atom is -0.341 e. The van der Waals surface area contributed by atoms with Crippen molar-refractivity contribution in [2.45, 2.75) is 51.1 Å². The largest absolute Gasteiger partial charge is 0.341 e. The molecule has 3 nitrogen and oxygen atoms in total. The fourth-order valence-corrected chi connectivity index (χ4v) is 3.23. The van der Waals surface area contributed by atoms with E-state index in [4.69, 9.17) is 0 Å². The minimum atomic E-state index is 0.234. The van der Waals surface area contributed by atoms with Gasteiger partial charge in [0.25, 0.3) is 0 Å². The smallest absolute Gasteiger partial charge is 0.236 e. The number of amides is 1. The molecule has 17 heavy (non-hydrogen) atoms. The van der Waals surface area contributed by atoms with Gasteiger partial charge in [0, 0.05) is 24.9 Å². The Bertz CT molecular complexity index is 229. The second kappa shape index (κ2) is 7.98. The Kier molecular flexibility index (Phi) is 6.97. The predicted molar refractivity (Wildman–Crippen MR) is 75.5 cm³/mol. The number of rotatable bonds is 7. The zero-order chi connectivity index (χ0) is 12.7. The van der Waals surface area contributed by atoms with Crippen molar-refractivity contribution in [1.82, 2.24) is 10.2 Å². The first-order valence-electron chi connectivity index (χ1n) is 6.67. The van der Waals surface area contributed by atoms with Crippen LogP contribution in [0.25, 0.3) is 0 Å². The van der Waals surface area contributed by atoms with Gasteiger partial charge in [0.2, 0.25) is 5.91 Å². The van der Waals surface area contributed by atoms with Gasteiger partial charge in [-0.2, -0.15) is 11.8 Å². The zero-order valence-electron chi connectivity index (χ0n) is 11.4. The summed E-state index contributed by atoms with van der Waals surface area (Å²) in [6.07, 6.45) is 8.22. The Morgan fingerprint density at radius 2 is 2.12 bits per heavy atom. The lowest BCUT2D eigenvalue weighted by atomic mass is 10.2. The molecule has 4 heteroatoms. The molecule has 1 aliphatic carbocycles. The van der Waals surface area contributed by atoms with Gasteiger partial charge < -0.3 is 10.2 Å². The normalized spacial score (nSPS) is 18.3. The van der Waals surface area contributed by atoms with Crippen molar-refractivity contribution < 1.29 is 4.79 Å². The fourth-order valence-electron chi connectivity index (χ4n) is 2.39. The van der Waals surface area contributed by atoms with E-state index in [9.17, 15) is 4.79 Å². The Hall–Kier alpha value is -0.220. The van der Waals surface area contributed by atoms with Crippen LogP contribution in [0.3, 0.4) is 0 Å². The summed E-state index contributed by atoms with van der Waals surface area (Å²) in [5.74, 6) is 1.26. The van der Waals surface area contributed by atoms with Crippen molar-refractivity contribution >= 4 is 17.7 Å². The highest BCUT2D eigenvalue weighted by Gasteiger charge is 2.20. The number of carbonyl (C=O) groups excluding carboxylic acids is 1. The van der Waals surface area contributed by atoms with Gasteiger partial charge in [0.1, 0.15) is 0 Å². The molecule has 1 N–H and O–H groups in total. The molecule has 0 aromatic carbocycles. The standard InChI is InChI=1S/C13H26N2OS/c1-4-12(10-17-3)15(2)13(16)9-14-11-7-5-6-8-11/h11-12,14H,4-10H2,1-3H3. The average Bonchev–Trinajstić information content (AvgIpc) is 2.85. The van der Waals surface area contributed by atoms with E-state index >= 15 is 0 Å². The maximum absolute atomic E-state index is 12.0. The third-order valence-corrected chi connectivity index (χ3v) is 4.39. The highest BCUT2D eigenvalue weighted by molar-refractivity contribution is 7.98. The van der Waals surface area contributed by atoms with Crippen LogP contribution in [-0.2, 0) is 4.79 Å². The third-order valence-electron chi connectivity index (χ3n) is 3.67. The summed E-state index contributed by atoms with van der Waals surface area (Å²) < 4.78 is 0. The molecule has 0 aromatic rings. The lowest BCUT2D eigenvalue weighted by Crippen LogP contribution is -2.44. The summed E-state index contributed by atoms with van der Waals surface area (Å²) in [6.45, 7) is 2.65. The molecule has 0 heterocycles. The van der Waals surface area contributed by atoms with Crippen LogP contribution < -0.4 is 5.32 Å². The Morgan fingerprint density at radius 3 is 2.65 bits per heavy atom. The predicted octanol–water partition coefficient (Wildman–Crippen LogP) is 2.12. The molecule has 0 saturated heterocycles. The molecule has 1 atom stereocenters. The zero-order valence-corrected chi connectivity index (χ0v) is 12.2. The quantitative estimate of drug-likeness (QED) is 0.759. The minimum absolute atomic E-state index is 0.234. The number of hydrogen-bond donors (Lipinski definition) is 1. The first-order valence-corrected chi connectivity index (χ1v) is 8.06. The van der Waals surface area contributed by atoms with Crippen LogP contribution in [0, 0.1) is 0 Å². The number of nitrogens with zero attached hydrogens (tertiary/aromatic N) is 1. The van der Waals surface area contributed by atoms with Gasteiger partial charge in [-0.15, -0.1) is 0 Å². The molecule has 0 aliphatic heterocycles. The summed E-state index contributed by atoms with van der Waals surface area (Å²) in [5, 5.41) is 3.39. The van der Waals surface area contributed by atoms with Crippen molar-refractivity contribution in [3.8, 4) is 0 Å². The number of likely N-dealkylation sites (N-methyl/N-ethyl adjacent to an activating group) is 1. The Labute approximate surface area is 110 Å². The summed E-state index contributed by atoms with van der Waals surface area (Å²) in [4.78, 5) is 13.9. The van der Waals surface area contributed by atoms with Crippen molar-refractivity contribution in [3.05, 3.63) is 0 Å². The molecule has 1 fully saturated rings. The molecule has 0 radical (unpaired) electrons. The first kappa shape index (κ1) is 14.8. The fraction of sp³-hybridized carbons (Fsp3) is 0.923. The first-order chi connectivity index (χ1) is 8.19. The summed E-state index contributed by atoms with van der Waals surface area (Å²) in [7, 11) is 1.93. The molecule has 0 spiro atoms. The molecule has 1 amide bonds. The molecule has 1 rings (SSSR count). The number of hydrogen-bond acceptors (Lipinski definition) is 3. The lowest BCUT2D eigenvalue weighted by molar-refractivity contribution is -0.130. The topological polar surface area (TPSA) is 32.3 Å². The third kappa shape index (κ3) is 4.88. The van der Waals surface area contributed by atoms with Crippen molar-refractivity contribution in [2.24, 2.45) is 0 Å². The van der Waals surface area contributed by atoms with E-state index in [0.717, 1.165) is 12.2 Å². The maximum Gasteiger partial charge on any atom is 0.236 e. The Morgan fingerprint density at radius 1 is 1.47 bits per heavy atom. The van der Waals surface area contributed by atoms with Crippen molar-refractivity contribution in [3.63, 3.8) is 0 Å². The second-order valence-corrected chi connectivity index (χ2v) is 5.80. The van der Waals surface area contributed by atoms with Crippen molar-refractivity contribution in [1.29, 1.82) is 0 Å². The van der Waals surface area contributed by atoms with Crippen LogP contribution >= 0.6 is 11.8 Å². The monoisotopic (exact) mass is 258 g/mol. The molecule has 0 aromatic heterocycles. The van der Waals surface area contributed by atoms with Crippen molar-refractivity contribution in [2.75, 3.05) is 25.6 Å². The van der Waals surface area contributed by atoms with Gasteiger partial charge in [-0.25, -0.2) is 0 Å². The average molecular weight is 258 g/mol. The number of carbonyl (C=O) groups is 1. The van der Waals surface area contributed by atoms with E-state index in [2.05, 4.69) is 18.5 Å². The Balaban J connectivity index is 2.29.